The summed E-state index contributed by atoms with van der Waals surface area (Å²) in [5, 5.41) is 11.2. The number of benzene rings is 2. The van der Waals surface area contributed by atoms with E-state index in [-0.39, 0.29) is 5.82 Å². The highest BCUT2D eigenvalue weighted by atomic mass is 19.1. The van der Waals surface area contributed by atoms with Crippen LogP contribution in [0.25, 0.3) is 16.7 Å². The number of nitrogens with zero attached hydrogens (tertiary/aromatic N) is 3. The number of rotatable bonds is 4. The molecule has 0 amide bonds. The van der Waals surface area contributed by atoms with Crippen molar-refractivity contribution in [3.63, 3.8) is 0 Å². The summed E-state index contributed by atoms with van der Waals surface area (Å²) < 4.78 is 15.8. The molecule has 0 aliphatic rings. The van der Waals surface area contributed by atoms with Gasteiger partial charge in [-0.15, -0.1) is 5.10 Å². The molecule has 0 saturated carbocycles. The molecule has 3 rings (SSSR count). The van der Waals surface area contributed by atoms with E-state index in [9.17, 15) is 4.39 Å². The molecule has 0 spiro atoms. The minimum atomic E-state index is -0.295. The Morgan fingerprint density at radius 1 is 1.20 bits per heavy atom. The van der Waals surface area contributed by atoms with Crippen molar-refractivity contribution in [2.45, 2.75) is 13.5 Å². The highest BCUT2D eigenvalue weighted by Gasteiger charge is 2.10. The summed E-state index contributed by atoms with van der Waals surface area (Å²) in [6.45, 7) is 3.54. The Balaban J connectivity index is 2.02. The minimum absolute atomic E-state index is 0.295. The minimum Gasteiger partial charge on any atom is -0.313 e. The highest BCUT2D eigenvalue weighted by molar-refractivity contribution is 5.75. The standard InChI is InChI=1S/C15H15FN4/c1-2-17-10-11-7-8-14(12(16)9-11)20-15-6-4-3-5-13(15)18-19-20/h3-9,17H,2,10H2,1H3. The molecule has 102 valence electrons. The van der Waals surface area contributed by atoms with Gasteiger partial charge in [0.05, 0.1) is 5.52 Å². The second-order valence-electron chi connectivity index (χ2n) is 4.56. The SMILES string of the molecule is CCNCc1ccc(-n2nnc3ccccc32)c(F)c1. The first-order valence-corrected chi connectivity index (χ1v) is 6.59. The summed E-state index contributed by atoms with van der Waals surface area (Å²) >= 11 is 0. The Morgan fingerprint density at radius 2 is 2.05 bits per heavy atom. The van der Waals surface area contributed by atoms with Crippen molar-refractivity contribution < 1.29 is 4.39 Å². The number of para-hydroxylation sites is 1. The first kappa shape index (κ1) is 12.7. The fraction of sp³-hybridized carbons (Fsp3) is 0.200. The molecule has 0 fully saturated rings. The number of hydrogen-bond donors (Lipinski definition) is 1. The lowest BCUT2D eigenvalue weighted by Crippen LogP contribution is -2.12. The molecule has 0 aliphatic carbocycles. The van der Waals surface area contributed by atoms with E-state index >= 15 is 0 Å². The van der Waals surface area contributed by atoms with Crippen molar-refractivity contribution >= 4 is 11.0 Å². The molecule has 0 unspecified atom stereocenters. The molecule has 0 saturated heterocycles. The maximum absolute atomic E-state index is 14.3. The van der Waals surface area contributed by atoms with Crippen molar-refractivity contribution in [1.29, 1.82) is 0 Å². The van der Waals surface area contributed by atoms with Crippen LogP contribution in [0.4, 0.5) is 4.39 Å². The van der Waals surface area contributed by atoms with Crippen LogP contribution in [-0.4, -0.2) is 21.5 Å². The van der Waals surface area contributed by atoms with Crippen LogP contribution in [0.5, 0.6) is 0 Å². The van der Waals surface area contributed by atoms with Gasteiger partial charge < -0.3 is 5.32 Å². The lowest BCUT2D eigenvalue weighted by Gasteiger charge is -2.07. The average Bonchev–Trinajstić information content (AvgIpc) is 2.89. The van der Waals surface area contributed by atoms with Gasteiger partial charge in [0.15, 0.2) is 0 Å². The van der Waals surface area contributed by atoms with Crippen LogP contribution in [0.3, 0.4) is 0 Å². The van der Waals surface area contributed by atoms with Gasteiger partial charge in [-0.2, -0.15) is 0 Å². The van der Waals surface area contributed by atoms with E-state index in [4.69, 9.17) is 0 Å². The Labute approximate surface area is 116 Å². The number of halogens is 1. The molecule has 20 heavy (non-hydrogen) atoms. The molecule has 5 heteroatoms. The highest BCUT2D eigenvalue weighted by Crippen LogP contribution is 2.19. The maximum Gasteiger partial charge on any atom is 0.149 e. The van der Waals surface area contributed by atoms with Crippen LogP contribution in [0.2, 0.25) is 0 Å². The van der Waals surface area contributed by atoms with Crippen LogP contribution in [-0.2, 0) is 6.54 Å². The monoisotopic (exact) mass is 270 g/mol. The third-order valence-electron chi connectivity index (χ3n) is 3.17. The van der Waals surface area contributed by atoms with Crippen LogP contribution in [0, 0.1) is 5.82 Å². The Morgan fingerprint density at radius 3 is 2.85 bits per heavy atom. The van der Waals surface area contributed by atoms with Crippen molar-refractivity contribution in [2.75, 3.05) is 6.54 Å². The Kier molecular flexibility index (Phi) is 3.43. The van der Waals surface area contributed by atoms with Gasteiger partial charge in [-0.3, -0.25) is 0 Å². The van der Waals surface area contributed by atoms with Gasteiger partial charge in [0.1, 0.15) is 17.0 Å². The second kappa shape index (κ2) is 5.38. The zero-order valence-electron chi connectivity index (χ0n) is 11.2. The maximum atomic E-state index is 14.3. The van der Waals surface area contributed by atoms with Crippen LogP contribution in [0.1, 0.15) is 12.5 Å². The van der Waals surface area contributed by atoms with Crippen molar-refractivity contribution in [3.8, 4) is 5.69 Å². The first-order valence-electron chi connectivity index (χ1n) is 6.59. The largest absolute Gasteiger partial charge is 0.313 e. The van der Waals surface area contributed by atoms with Gasteiger partial charge >= 0.3 is 0 Å². The normalized spacial score (nSPS) is 11.1. The third kappa shape index (κ3) is 2.28. The zero-order chi connectivity index (χ0) is 13.9. The molecule has 2 aromatic carbocycles. The Hall–Kier alpha value is -2.27. The lowest BCUT2D eigenvalue weighted by molar-refractivity contribution is 0.604. The fourth-order valence-corrected chi connectivity index (χ4v) is 2.15. The van der Waals surface area contributed by atoms with E-state index in [1.165, 1.54) is 10.7 Å². The van der Waals surface area contributed by atoms with Gasteiger partial charge in [-0.1, -0.05) is 30.3 Å². The summed E-state index contributed by atoms with van der Waals surface area (Å²) in [5.74, 6) is -0.295. The van der Waals surface area contributed by atoms with Crippen LogP contribution < -0.4 is 5.32 Å². The predicted octanol–water partition coefficient (Wildman–Crippen LogP) is 2.67. The number of hydrogen-bond acceptors (Lipinski definition) is 3. The van der Waals surface area contributed by atoms with Gasteiger partial charge in [-0.05, 0) is 36.4 Å². The van der Waals surface area contributed by atoms with E-state index < -0.39 is 0 Å². The van der Waals surface area contributed by atoms with Gasteiger partial charge in [0.25, 0.3) is 0 Å². The first-order chi connectivity index (χ1) is 9.79. The molecular formula is C15H15FN4. The molecule has 4 nitrogen and oxygen atoms in total. The van der Waals surface area contributed by atoms with E-state index in [0.29, 0.717) is 12.2 Å². The summed E-state index contributed by atoms with van der Waals surface area (Å²) in [6, 6.07) is 12.7. The molecule has 1 aromatic heterocycles. The summed E-state index contributed by atoms with van der Waals surface area (Å²) in [6.07, 6.45) is 0. The quantitative estimate of drug-likeness (QED) is 0.792. The average molecular weight is 270 g/mol. The van der Waals surface area contributed by atoms with Crippen LogP contribution >= 0.6 is 0 Å². The number of nitrogens with one attached hydrogen (secondary N) is 1. The van der Waals surface area contributed by atoms with Gasteiger partial charge in [-0.25, -0.2) is 9.07 Å². The van der Waals surface area contributed by atoms with Crippen molar-refractivity contribution in [3.05, 3.63) is 53.8 Å². The zero-order valence-corrected chi connectivity index (χ0v) is 11.2. The van der Waals surface area contributed by atoms with E-state index in [1.807, 2.05) is 37.3 Å². The summed E-state index contributed by atoms with van der Waals surface area (Å²) in [7, 11) is 0. The predicted molar refractivity (Wildman–Crippen MR) is 76.2 cm³/mol. The molecule has 0 aliphatic heterocycles. The molecule has 0 bridgehead atoms. The molecule has 0 radical (unpaired) electrons. The third-order valence-corrected chi connectivity index (χ3v) is 3.17. The van der Waals surface area contributed by atoms with E-state index in [2.05, 4.69) is 15.6 Å². The lowest BCUT2D eigenvalue weighted by atomic mass is 10.2. The topological polar surface area (TPSA) is 42.7 Å². The second-order valence-corrected chi connectivity index (χ2v) is 4.56. The van der Waals surface area contributed by atoms with Crippen LogP contribution in [0.15, 0.2) is 42.5 Å². The van der Waals surface area contributed by atoms with E-state index in [1.54, 1.807) is 6.07 Å². The van der Waals surface area contributed by atoms with Gasteiger partial charge in [0.2, 0.25) is 0 Å². The Bertz CT molecular complexity index is 736. The summed E-state index contributed by atoms with van der Waals surface area (Å²) in [4.78, 5) is 0. The summed E-state index contributed by atoms with van der Waals surface area (Å²) in [5.41, 5.74) is 2.88. The molecule has 0 atom stereocenters. The number of fused-ring (bicyclic) bond motifs is 1. The van der Waals surface area contributed by atoms with Crippen molar-refractivity contribution in [1.82, 2.24) is 20.3 Å². The molecular weight excluding hydrogens is 255 g/mol. The number of aromatic nitrogens is 3. The molecule has 1 heterocycles. The molecule has 3 aromatic rings. The van der Waals surface area contributed by atoms with Gasteiger partial charge in [0, 0.05) is 6.54 Å². The fourth-order valence-electron chi connectivity index (χ4n) is 2.15. The van der Waals surface area contributed by atoms with Crippen molar-refractivity contribution in [2.24, 2.45) is 0 Å². The molecule has 1 N–H and O–H groups in total. The smallest absolute Gasteiger partial charge is 0.149 e. The van der Waals surface area contributed by atoms with E-state index in [0.717, 1.165) is 23.1 Å².